The van der Waals surface area contributed by atoms with E-state index in [0.29, 0.717) is 0 Å². The van der Waals surface area contributed by atoms with Gasteiger partial charge in [0.1, 0.15) is 41.9 Å². The Balaban J connectivity index is 1.48. The van der Waals surface area contributed by atoms with Crippen LogP contribution in [0, 0.1) is 51.8 Å². The van der Waals surface area contributed by atoms with Crippen molar-refractivity contribution < 1.29 is 63.0 Å². The number of ether oxygens (including phenoxy) is 5. The van der Waals surface area contributed by atoms with E-state index in [9.17, 15) is 39.3 Å². The number of carbonyl (C=O) groups is 5. The highest BCUT2D eigenvalue weighted by atomic mass is 16.6. The van der Waals surface area contributed by atoms with Crippen molar-refractivity contribution in [2.75, 3.05) is 0 Å². The third-order valence-corrected chi connectivity index (χ3v) is 14.0. The van der Waals surface area contributed by atoms with Crippen LogP contribution in [-0.2, 0) is 47.7 Å². The molecule has 6 fully saturated rings. The van der Waals surface area contributed by atoms with Crippen molar-refractivity contribution in [2.45, 2.75) is 116 Å². The molecule has 0 unspecified atom stereocenters. The summed E-state index contributed by atoms with van der Waals surface area (Å²) in [6.45, 7) is 12.3. The van der Waals surface area contributed by atoms with Crippen molar-refractivity contribution in [3.63, 3.8) is 0 Å². The molecule has 0 bridgehead atoms. The predicted molar refractivity (Wildman–Crippen MR) is 156 cm³/mol. The maximum absolute atomic E-state index is 14.4. The standard InChI is InChI=1S/C34H44O13/c1-12-9-19-32(7,33(8,41)29(40)47-19)23-21(12)30(5)18(43-13(2)35)10-16-20(22(30)26(23)44-14(3)36)24(38)27(39)34(42)11-17-25(46-17)28(31(16,34)6)45-15(4)37/h9,12,16-18,20-26,28,38,41-42H,10-11H2,1-8H3/t12-,16+,17+,18+,20-,21+,22-,23+,24-,25+,26-,28+,30-,31+,32+,33-,34+/m1/s1. The molecule has 0 radical (unpaired) electrons. The SMILES string of the molecule is CC(=O)O[C@@H]1[C@H]2[C@@H]3[C@@H](O)C(=O)[C@@]4(O)C[C@@H]5O[C@@H]5[C@H](OC(C)=O)[C@]4(C)[C@H]3C[C@H](OC(C)=O)[C@]2(C)[C@@H]2[C@@H]1[C@]1(C)C(=C[C@H]2C)OC(=O)[C@@]1(C)O. The van der Waals surface area contributed by atoms with Crippen LogP contribution in [0.4, 0.5) is 0 Å². The average molecular weight is 661 g/mol. The van der Waals surface area contributed by atoms with Crippen molar-refractivity contribution in [1.29, 1.82) is 0 Å². The molecule has 47 heavy (non-hydrogen) atoms. The molecule has 0 spiro atoms. The van der Waals surface area contributed by atoms with Gasteiger partial charge in [0.05, 0.1) is 11.5 Å². The number of allylic oxidation sites excluding steroid dienone is 1. The smallest absolute Gasteiger partial charge is 0.343 e. The van der Waals surface area contributed by atoms with Gasteiger partial charge < -0.3 is 39.0 Å². The Kier molecular flexibility index (Phi) is 6.70. The quantitative estimate of drug-likeness (QED) is 0.220. The Labute approximate surface area is 272 Å². The summed E-state index contributed by atoms with van der Waals surface area (Å²) in [5.41, 5.74) is -8.22. The average Bonchev–Trinajstić information content (AvgIpc) is 3.62. The predicted octanol–water partition coefficient (Wildman–Crippen LogP) is 0.986. The van der Waals surface area contributed by atoms with E-state index in [0.717, 1.165) is 0 Å². The molecule has 0 aromatic heterocycles. The van der Waals surface area contributed by atoms with Crippen molar-refractivity contribution in [2.24, 2.45) is 51.8 Å². The number of aliphatic hydroxyl groups excluding tert-OH is 1. The van der Waals surface area contributed by atoms with E-state index in [1.54, 1.807) is 19.9 Å². The summed E-state index contributed by atoms with van der Waals surface area (Å²) in [7, 11) is 0. The van der Waals surface area contributed by atoms with E-state index < -0.39 is 123 Å². The molecule has 5 aliphatic carbocycles. The fraction of sp³-hybridized carbons (Fsp3) is 0.794. The van der Waals surface area contributed by atoms with Crippen molar-refractivity contribution in [3.8, 4) is 0 Å². The Morgan fingerprint density at radius 1 is 0.915 bits per heavy atom. The monoisotopic (exact) mass is 660 g/mol. The number of Topliss-reactive ketones (excluding diaryl/α,β-unsaturated/α-hetero) is 1. The maximum Gasteiger partial charge on any atom is 0.343 e. The lowest BCUT2D eigenvalue weighted by atomic mass is 9.40. The van der Waals surface area contributed by atoms with Crippen LogP contribution in [-0.4, -0.2) is 92.8 Å². The van der Waals surface area contributed by atoms with Crippen molar-refractivity contribution in [3.05, 3.63) is 11.8 Å². The van der Waals surface area contributed by atoms with Gasteiger partial charge in [-0.1, -0.05) is 20.8 Å². The van der Waals surface area contributed by atoms with Gasteiger partial charge in [-0.3, -0.25) is 19.2 Å². The Morgan fingerprint density at radius 2 is 1.53 bits per heavy atom. The number of hydrogen-bond acceptors (Lipinski definition) is 13. The Bertz CT molecular complexity index is 1520. The number of carbonyl (C=O) groups excluding carboxylic acids is 5. The van der Waals surface area contributed by atoms with Crippen LogP contribution in [0.25, 0.3) is 0 Å². The summed E-state index contributed by atoms with van der Waals surface area (Å²) >= 11 is 0. The molecule has 0 amide bonds. The maximum atomic E-state index is 14.4. The van der Waals surface area contributed by atoms with Crippen LogP contribution in [0.1, 0.15) is 68.2 Å². The number of esters is 4. The van der Waals surface area contributed by atoms with Crippen LogP contribution in [0.5, 0.6) is 0 Å². The fourth-order valence-electron chi connectivity index (χ4n) is 11.8. The van der Waals surface area contributed by atoms with Gasteiger partial charge in [0.25, 0.3) is 0 Å². The molecule has 17 atom stereocenters. The number of ketones is 1. The minimum atomic E-state index is -2.16. The number of epoxide rings is 1. The lowest BCUT2D eigenvalue weighted by molar-refractivity contribution is -0.267. The Hall–Kier alpha value is -2.87. The van der Waals surface area contributed by atoms with Gasteiger partial charge in [-0.2, -0.15) is 0 Å². The molecule has 2 saturated heterocycles. The van der Waals surface area contributed by atoms with Gasteiger partial charge in [0.2, 0.25) is 0 Å². The molecule has 0 aromatic carbocycles. The minimum absolute atomic E-state index is 0.0669. The zero-order chi connectivity index (χ0) is 34.5. The second-order valence-corrected chi connectivity index (χ2v) is 15.9. The van der Waals surface area contributed by atoms with Gasteiger partial charge in [-0.05, 0) is 44.1 Å². The molecule has 258 valence electrons. The van der Waals surface area contributed by atoms with E-state index >= 15 is 0 Å². The first-order valence-corrected chi connectivity index (χ1v) is 16.5. The fourth-order valence-corrected chi connectivity index (χ4v) is 11.8. The first-order chi connectivity index (χ1) is 21.7. The molecule has 2 aliphatic heterocycles. The minimum Gasteiger partial charge on any atom is -0.462 e. The molecule has 0 aromatic rings. The second-order valence-electron chi connectivity index (χ2n) is 15.9. The van der Waals surface area contributed by atoms with Crippen LogP contribution in [0.3, 0.4) is 0 Å². The van der Waals surface area contributed by atoms with Crippen LogP contribution >= 0.6 is 0 Å². The number of hydrogen-bond donors (Lipinski definition) is 3. The molecule has 7 rings (SSSR count). The molecule has 7 aliphatic rings. The third-order valence-electron chi connectivity index (χ3n) is 14.0. The van der Waals surface area contributed by atoms with Crippen LogP contribution in [0.2, 0.25) is 0 Å². The summed E-state index contributed by atoms with van der Waals surface area (Å²) in [5, 5.41) is 36.2. The zero-order valence-electron chi connectivity index (χ0n) is 27.8. The highest BCUT2D eigenvalue weighted by Gasteiger charge is 2.84. The summed E-state index contributed by atoms with van der Waals surface area (Å²) < 4.78 is 29.7. The summed E-state index contributed by atoms with van der Waals surface area (Å²) in [6, 6.07) is 0. The largest absolute Gasteiger partial charge is 0.462 e. The second kappa shape index (κ2) is 9.64. The van der Waals surface area contributed by atoms with E-state index in [-0.39, 0.29) is 24.5 Å². The topological polar surface area (TPSA) is 195 Å². The molecule has 13 heteroatoms. The highest BCUT2D eigenvalue weighted by Crippen LogP contribution is 2.76. The van der Waals surface area contributed by atoms with E-state index in [1.165, 1.54) is 27.7 Å². The van der Waals surface area contributed by atoms with Gasteiger partial charge >= 0.3 is 23.9 Å². The summed E-state index contributed by atoms with van der Waals surface area (Å²) in [4.78, 5) is 65.8. The Morgan fingerprint density at radius 3 is 2.13 bits per heavy atom. The van der Waals surface area contributed by atoms with Crippen molar-refractivity contribution in [1.82, 2.24) is 0 Å². The van der Waals surface area contributed by atoms with E-state index in [2.05, 4.69) is 0 Å². The number of aliphatic hydroxyl groups is 3. The molecular formula is C34H44O13. The molecular weight excluding hydrogens is 616 g/mol. The lowest BCUT2D eigenvalue weighted by Crippen LogP contribution is -2.77. The first kappa shape index (κ1) is 32.7. The number of rotatable bonds is 3. The third kappa shape index (κ3) is 3.72. The van der Waals surface area contributed by atoms with Gasteiger partial charge in [0.15, 0.2) is 11.4 Å². The normalized spacial score (nSPS) is 55.1. The van der Waals surface area contributed by atoms with Crippen LogP contribution in [0.15, 0.2) is 11.8 Å². The van der Waals surface area contributed by atoms with Crippen molar-refractivity contribution >= 4 is 29.7 Å². The van der Waals surface area contributed by atoms with E-state index in [1.807, 2.05) is 13.8 Å². The van der Waals surface area contributed by atoms with Crippen LogP contribution < -0.4 is 0 Å². The lowest BCUT2D eigenvalue weighted by Gasteiger charge is -2.65. The van der Waals surface area contributed by atoms with Gasteiger partial charge in [-0.15, -0.1) is 0 Å². The van der Waals surface area contributed by atoms with E-state index in [4.69, 9.17) is 23.7 Å². The molecule has 4 saturated carbocycles. The highest BCUT2D eigenvalue weighted by molar-refractivity contribution is 5.94. The summed E-state index contributed by atoms with van der Waals surface area (Å²) in [6.07, 6.45) is -4.25. The van der Waals surface area contributed by atoms with Gasteiger partial charge in [-0.25, -0.2) is 4.79 Å². The van der Waals surface area contributed by atoms with Gasteiger partial charge in [0, 0.05) is 55.8 Å². The number of fused-ring (bicyclic) bond motifs is 10. The zero-order valence-corrected chi connectivity index (χ0v) is 27.8. The first-order valence-electron chi connectivity index (χ1n) is 16.5. The molecule has 3 N–H and O–H groups in total. The molecule has 13 nitrogen and oxygen atoms in total. The molecule has 2 heterocycles. The summed E-state index contributed by atoms with van der Waals surface area (Å²) in [5.74, 6) is -7.71.